The van der Waals surface area contributed by atoms with Crippen molar-refractivity contribution in [1.82, 2.24) is 15.1 Å². The van der Waals surface area contributed by atoms with Crippen molar-refractivity contribution < 1.29 is 9.90 Å². The largest absolute Gasteiger partial charge is 0.393 e. The van der Waals surface area contributed by atoms with Crippen LogP contribution < -0.4 is 5.32 Å². The monoisotopic (exact) mass is 253 g/mol. The minimum Gasteiger partial charge on any atom is -0.393 e. The zero-order valence-corrected chi connectivity index (χ0v) is 11.6. The van der Waals surface area contributed by atoms with Crippen LogP contribution in [-0.2, 0) is 6.54 Å². The number of nitrogens with zero attached hydrogens (tertiary/aromatic N) is 2. The first-order chi connectivity index (χ1) is 8.45. The first-order valence-corrected chi connectivity index (χ1v) is 6.49. The lowest BCUT2D eigenvalue weighted by Crippen LogP contribution is -2.27. The van der Waals surface area contributed by atoms with E-state index >= 15 is 0 Å². The van der Waals surface area contributed by atoms with Crippen LogP contribution in [0.25, 0.3) is 0 Å². The molecule has 0 aliphatic carbocycles. The maximum atomic E-state index is 12.0. The molecule has 0 spiro atoms. The minimum absolute atomic E-state index is 0.112. The average Bonchev–Trinajstić information content (AvgIpc) is 2.72. The van der Waals surface area contributed by atoms with Gasteiger partial charge in [-0.15, -0.1) is 0 Å². The molecule has 1 aromatic heterocycles. The zero-order valence-electron chi connectivity index (χ0n) is 11.6. The molecule has 1 aromatic rings. The SMILES string of the molecule is CCn1cc(C(=O)NCCC(C)O)c(C(C)C)n1. The van der Waals surface area contributed by atoms with Gasteiger partial charge >= 0.3 is 0 Å². The number of aromatic nitrogens is 2. The van der Waals surface area contributed by atoms with E-state index in [1.54, 1.807) is 17.8 Å². The van der Waals surface area contributed by atoms with Gasteiger partial charge in [0.2, 0.25) is 0 Å². The summed E-state index contributed by atoms with van der Waals surface area (Å²) in [4.78, 5) is 12.0. The molecule has 1 unspecified atom stereocenters. The second-order valence-electron chi connectivity index (χ2n) is 4.83. The highest BCUT2D eigenvalue weighted by Crippen LogP contribution is 2.17. The van der Waals surface area contributed by atoms with Gasteiger partial charge in [-0.3, -0.25) is 9.48 Å². The molecule has 1 amide bonds. The summed E-state index contributed by atoms with van der Waals surface area (Å²) in [5.41, 5.74) is 1.46. The van der Waals surface area contributed by atoms with E-state index in [9.17, 15) is 4.79 Å². The quantitative estimate of drug-likeness (QED) is 0.808. The summed E-state index contributed by atoms with van der Waals surface area (Å²) in [6, 6.07) is 0. The molecule has 2 N–H and O–H groups in total. The molecular formula is C13H23N3O2. The molecule has 1 atom stereocenters. The van der Waals surface area contributed by atoms with Crippen LogP contribution in [0, 0.1) is 0 Å². The van der Waals surface area contributed by atoms with Crippen molar-refractivity contribution in [2.75, 3.05) is 6.54 Å². The molecule has 102 valence electrons. The fourth-order valence-corrected chi connectivity index (χ4v) is 1.69. The van der Waals surface area contributed by atoms with E-state index in [2.05, 4.69) is 10.4 Å². The molecule has 0 fully saturated rings. The lowest BCUT2D eigenvalue weighted by atomic mass is 10.1. The first-order valence-electron chi connectivity index (χ1n) is 6.49. The van der Waals surface area contributed by atoms with Gasteiger partial charge in [-0.1, -0.05) is 13.8 Å². The summed E-state index contributed by atoms with van der Waals surface area (Å²) in [6.07, 6.45) is 1.95. The number of hydrogen-bond donors (Lipinski definition) is 2. The van der Waals surface area contributed by atoms with Gasteiger partial charge in [-0.25, -0.2) is 0 Å². The van der Waals surface area contributed by atoms with Crippen LogP contribution in [0.1, 0.15) is 56.1 Å². The Morgan fingerprint density at radius 3 is 2.67 bits per heavy atom. The molecule has 1 heterocycles. The second-order valence-corrected chi connectivity index (χ2v) is 4.83. The molecule has 1 rings (SSSR count). The van der Waals surface area contributed by atoms with Crippen molar-refractivity contribution in [3.05, 3.63) is 17.5 Å². The summed E-state index contributed by atoms with van der Waals surface area (Å²) < 4.78 is 1.78. The van der Waals surface area contributed by atoms with Crippen molar-refractivity contribution in [2.45, 2.75) is 52.7 Å². The second kappa shape index (κ2) is 6.54. The Labute approximate surface area is 108 Å². The summed E-state index contributed by atoms with van der Waals surface area (Å²) in [5.74, 6) is 0.106. The maximum absolute atomic E-state index is 12.0. The van der Waals surface area contributed by atoms with Gasteiger partial charge in [0, 0.05) is 19.3 Å². The number of aliphatic hydroxyl groups excluding tert-OH is 1. The Hall–Kier alpha value is -1.36. The van der Waals surface area contributed by atoms with Crippen LogP contribution in [0.3, 0.4) is 0 Å². The van der Waals surface area contributed by atoms with E-state index in [4.69, 9.17) is 5.11 Å². The van der Waals surface area contributed by atoms with Crippen LogP contribution in [0.15, 0.2) is 6.20 Å². The summed E-state index contributed by atoms with van der Waals surface area (Å²) in [5, 5.41) is 16.4. The number of aliphatic hydroxyl groups is 1. The number of rotatable bonds is 6. The normalized spacial score (nSPS) is 12.8. The highest BCUT2D eigenvalue weighted by atomic mass is 16.3. The van der Waals surface area contributed by atoms with Crippen LogP contribution in [0.5, 0.6) is 0 Å². The number of nitrogens with one attached hydrogen (secondary N) is 1. The van der Waals surface area contributed by atoms with E-state index in [1.165, 1.54) is 0 Å². The highest BCUT2D eigenvalue weighted by Gasteiger charge is 2.18. The van der Waals surface area contributed by atoms with Crippen LogP contribution >= 0.6 is 0 Å². The fraction of sp³-hybridized carbons (Fsp3) is 0.692. The molecule has 5 heteroatoms. The smallest absolute Gasteiger partial charge is 0.254 e. The van der Waals surface area contributed by atoms with E-state index in [1.807, 2.05) is 20.8 Å². The third-order valence-electron chi connectivity index (χ3n) is 2.75. The van der Waals surface area contributed by atoms with Crippen molar-refractivity contribution in [2.24, 2.45) is 0 Å². The molecule has 0 saturated heterocycles. The van der Waals surface area contributed by atoms with Gasteiger partial charge in [0.1, 0.15) is 0 Å². The molecule has 0 aliphatic heterocycles. The number of amides is 1. The van der Waals surface area contributed by atoms with Gasteiger partial charge in [0.05, 0.1) is 17.4 Å². The van der Waals surface area contributed by atoms with Crippen molar-refractivity contribution in [3.8, 4) is 0 Å². The van der Waals surface area contributed by atoms with E-state index in [0.717, 1.165) is 12.2 Å². The van der Waals surface area contributed by atoms with Gasteiger partial charge in [0.15, 0.2) is 0 Å². The standard InChI is InChI=1S/C13H23N3O2/c1-5-16-8-11(12(15-16)9(2)3)13(18)14-7-6-10(4)17/h8-10,17H,5-7H2,1-4H3,(H,14,18). The molecule has 0 bridgehead atoms. The molecule has 0 saturated carbocycles. The average molecular weight is 253 g/mol. The van der Waals surface area contributed by atoms with Crippen LogP contribution in [0.4, 0.5) is 0 Å². The van der Waals surface area contributed by atoms with E-state index in [-0.39, 0.29) is 11.8 Å². The first kappa shape index (κ1) is 14.7. The predicted molar refractivity (Wildman–Crippen MR) is 70.6 cm³/mol. The van der Waals surface area contributed by atoms with Crippen LogP contribution in [-0.4, -0.2) is 33.4 Å². The Morgan fingerprint density at radius 1 is 1.50 bits per heavy atom. The predicted octanol–water partition coefficient (Wildman–Crippen LogP) is 1.53. The summed E-state index contributed by atoms with van der Waals surface area (Å²) in [7, 11) is 0. The Morgan fingerprint density at radius 2 is 2.17 bits per heavy atom. The number of carbonyl (C=O) groups is 1. The molecule has 5 nitrogen and oxygen atoms in total. The number of carbonyl (C=O) groups excluding carboxylic acids is 1. The Balaban J connectivity index is 2.74. The number of aryl methyl sites for hydroxylation is 1. The Kier molecular flexibility index (Phi) is 5.34. The fourth-order valence-electron chi connectivity index (χ4n) is 1.69. The van der Waals surface area contributed by atoms with Gasteiger partial charge in [-0.05, 0) is 26.2 Å². The third-order valence-corrected chi connectivity index (χ3v) is 2.75. The third kappa shape index (κ3) is 3.84. The summed E-state index contributed by atoms with van der Waals surface area (Å²) >= 11 is 0. The molecule has 18 heavy (non-hydrogen) atoms. The Bertz CT molecular complexity index is 397. The minimum atomic E-state index is -0.395. The summed E-state index contributed by atoms with van der Waals surface area (Å²) in [6.45, 7) is 8.98. The topological polar surface area (TPSA) is 67.2 Å². The van der Waals surface area contributed by atoms with E-state index < -0.39 is 6.10 Å². The maximum Gasteiger partial charge on any atom is 0.254 e. The van der Waals surface area contributed by atoms with Crippen LogP contribution in [0.2, 0.25) is 0 Å². The van der Waals surface area contributed by atoms with E-state index in [0.29, 0.717) is 18.5 Å². The van der Waals surface area contributed by atoms with Gasteiger partial charge in [-0.2, -0.15) is 5.10 Å². The van der Waals surface area contributed by atoms with Crippen molar-refractivity contribution in [1.29, 1.82) is 0 Å². The highest BCUT2D eigenvalue weighted by molar-refractivity contribution is 5.95. The lowest BCUT2D eigenvalue weighted by Gasteiger charge is -2.07. The van der Waals surface area contributed by atoms with Crippen molar-refractivity contribution >= 4 is 5.91 Å². The lowest BCUT2D eigenvalue weighted by molar-refractivity contribution is 0.0944. The van der Waals surface area contributed by atoms with Gasteiger partial charge in [0.25, 0.3) is 5.91 Å². The number of hydrogen-bond acceptors (Lipinski definition) is 3. The molecule has 0 radical (unpaired) electrons. The van der Waals surface area contributed by atoms with Gasteiger partial charge < -0.3 is 10.4 Å². The molecular weight excluding hydrogens is 230 g/mol. The molecule has 0 aromatic carbocycles. The van der Waals surface area contributed by atoms with Crippen molar-refractivity contribution in [3.63, 3.8) is 0 Å². The zero-order chi connectivity index (χ0) is 13.7. The molecule has 0 aliphatic rings.